The van der Waals surface area contributed by atoms with E-state index in [0.717, 1.165) is 34.8 Å². The summed E-state index contributed by atoms with van der Waals surface area (Å²) in [4.78, 5) is 27.2. The molecule has 0 bridgehead atoms. The lowest BCUT2D eigenvalue weighted by Gasteiger charge is -2.31. The van der Waals surface area contributed by atoms with Crippen molar-refractivity contribution in [3.8, 4) is 0 Å². The van der Waals surface area contributed by atoms with Gasteiger partial charge in [-0.2, -0.15) is 0 Å². The molecule has 144 valence electrons. The number of hydrogen-bond donors (Lipinski definition) is 1. The van der Waals surface area contributed by atoms with Gasteiger partial charge >= 0.3 is 0 Å². The SMILES string of the molecule is O=C(Nc1ccc2c(c1)oc1ccccc12)[C@@H]1CC(=O)N(C2CCCCC2)C1. The Morgan fingerprint density at radius 3 is 2.64 bits per heavy atom. The van der Waals surface area contributed by atoms with Crippen molar-refractivity contribution in [2.75, 3.05) is 11.9 Å². The van der Waals surface area contributed by atoms with E-state index in [0.29, 0.717) is 24.7 Å². The summed E-state index contributed by atoms with van der Waals surface area (Å²) in [5, 5.41) is 5.09. The molecule has 2 amide bonds. The molecule has 2 aromatic carbocycles. The number of rotatable bonds is 3. The first-order valence-corrected chi connectivity index (χ1v) is 10.2. The zero-order chi connectivity index (χ0) is 19.1. The van der Waals surface area contributed by atoms with Crippen LogP contribution in [-0.4, -0.2) is 29.3 Å². The molecule has 1 aromatic heterocycles. The molecule has 1 aliphatic heterocycles. The minimum Gasteiger partial charge on any atom is -0.456 e. The Hall–Kier alpha value is -2.82. The fraction of sp³-hybridized carbons (Fsp3) is 0.391. The molecule has 1 aliphatic carbocycles. The molecule has 3 aromatic rings. The molecule has 1 atom stereocenters. The number of para-hydroxylation sites is 1. The van der Waals surface area contributed by atoms with Crippen LogP contribution in [-0.2, 0) is 9.59 Å². The number of fused-ring (bicyclic) bond motifs is 3. The van der Waals surface area contributed by atoms with E-state index in [9.17, 15) is 9.59 Å². The minimum atomic E-state index is -0.277. The second-order valence-corrected chi connectivity index (χ2v) is 8.04. The number of benzene rings is 2. The van der Waals surface area contributed by atoms with E-state index >= 15 is 0 Å². The van der Waals surface area contributed by atoms with E-state index in [1.807, 2.05) is 47.4 Å². The number of furan rings is 1. The number of likely N-dealkylation sites (tertiary alicyclic amines) is 1. The van der Waals surface area contributed by atoms with Crippen LogP contribution in [0.3, 0.4) is 0 Å². The molecule has 0 unspecified atom stereocenters. The topological polar surface area (TPSA) is 62.6 Å². The number of carbonyl (C=O) groups excluding carboxylic acids is 2. The summed E-state index contributed by atoms with van der Waals surface area (Å²) in [6.07, 6.45) is 6.08. The van der Waals surface area contributed by atoms with Gasteiger partial charge in [-0.3, -0.25) is 9.59 Å². The van der Waals surface area contributed by atoms with Crippen LogP contribution in [0, 0.1) is 5.92 Å². The van der Waals surface area contributed by atoms with Crippen LogP contribution >= 0.6 is 0 Å². The summed E-state index contributed by atoms with van der Waals surface area (Å²) in [5.41, 5.74) is 2.30. The van der Waals surface area contributed by atoms with Crippen molar-refractivity contribution in [1.29, 1.82) is 0 Å². The lowest BCUT2D eigenvalue weighted by Crippen LogP contribution is -2.38. The Balaban J connectivity index is 1.31. The Bertz CT molecular complexity index is 1050. The fourth-order valence-electron chi connectivity index (χ4n) is 4.70. The second-order valence-electron chi connectivity index (χ2n) is 8.04. The number of carbonyl (C=O) groups is 2. The maximum absolute atomic E-state index is 12.8. The van der Waals surface area contributed by atoms with Gasteiger partial charge in [0.2, 0.25) is 11.8 Å². The highest BCUT2D eigenvalue weighted by atomic mass is 16.3. The molecule has 0 spiro atoms. The number of amides is 2. The quantitative estimate of drug-likeness (QED) is 0.720. The summed E-state index contributed by atoms with van der Waals surface area (Å²) < 4.78 is 5.90. The fourth-order valence-corrected chi connectivity index (χ4v) is 4.70. The normalized spacial score (nSPS) is 20.9. The molecule has 2 fully saturated rings. The molecule has 1 N–H and O–H groups in total. The molecule has 5 heteroatoms. The standard InChI is InChI=1S/C23H24N2O3/c26-22-12-15(14-25(22)17-6-2-1-3-7-17)23(27)24-16-10-11-19-18-8-4-5-9-20(18)28-21(19)13-16/h4-5,8-11,13,15,17H,1-3,6-7,12,14H2,(H,24,27)/t15-/m1/s1. The third-order valence-electron chi connectivity index (χ3n) is 6.19. The van der Waals surface area contributed by atoms with Crippen molar-refractivity contribution in [2.45, 2.75) is 44.6 Å². The van der Waals surface area contributed by atoms with Crippen LogP contribution in [0.4, 0.5) is 5.69 Å². The van der Waals surface area contributed by atoms with Gasteiger partial charge in [-0.25, -0.2) is 0 Å². The van der Waals surface area contributed by atoms with Crippen LogP contribution in [0.25, 0.3) is 21.9 Å². The van der Waals surface area contributed by atoms with Crippen molar-refractivity contribution in [3.63, 3.8) is 0 Å². The van der Waals surface area contributed by atoms with E-state index in [2.05, 4.69) is 5.32 Å². The summed E-state index contributed by atoms with van der Waals surface area (Å²) >= 11 is 0. The van der Waals surface area contributed by atoms with E-state index in [1.165, 1.54) is 19.3 Å². The summed E-state index contributed by atoms with van der Waals surface area (Å²) in [5.74, 6) is -0.234. The number of anilines is 1. The number of hydrogen-bond acceptors (Lipinski definition) is 3. The summed E-state index contributed by atoms with van der Waals surface area (Å²) in [6.45, 7) is 0.544. The van der Waals surface area contributed by atoms with Gasteiger partial charge in [-0.05, 0) is 31.0 Å². The van der Waals surface area contributed by atoms with Crippen molar-refractivity contribution in [1.82, 2.24) is 4.90 Å². The van der Waals surface area contributed by atoms with E-state index in [-0.39, 0.29) is 17.7 Å². The van der Waals surface area contributed by atoms with Crippen LogP contribution in [0.5, 0.6) is 0 Å². The van der Waals surface area contributed by atoms with Crippen LogP contribution in [0.2, 0.25) is 0 Å². The zero-order valence-corrected chi connectivity index (χ0v) is 15.8. The zero-order valence-electron chi connectivity index (χ0n) is 15.8. The first kappa shape index (κ1) is 17.3. The number of nitrogens with zero attached hydrogens (tertiary/aromatic N) is 1. The lowest BCUT2D eigenvalue weighted by molar-refractivity contribution is -0.130. The van der Waals surface area contributed by atoms with Crippen LogP contribution < -0.4 is 5.32 Å². The average Bonchev–Trinajstić information content (AvgIpc) is 3.28. The van der Waals surface area contributed by atoms with Gasteiger partial charge in [0.1, 0.15) is 11.2 Å². The first-order valence-electron chi connectivity index (χ1n) is 10.2. The van der Waals surface area contributed by atoms with Gasteiger partial charge in [0.15, 0.2) is 0 Å². The van der Waals surface area contributed by atoms with Crippen molar-refractivity contribution in [3.05, 3.63) is 42.5 Å². The van der Waals surface area contributed by atoms with Gasteiger partial charge in [-0.15, -0.1) is 0 Å². The predicted octanol–water partition coefficient (Wildman–Crippen LogP) is 4.71. The van der Waals surface area contributed by atoms with Gasteiger partial charge in [0, 0.05) is 41.5 Å². The molecule has 2 aliphatic rings. The Morgan fingerprint density at radius 2 is 1.79 bits per heavy atom. The highest BCUT2D eigenvalue weighted by Crippen LogP contribution is 2.32. The first-order chi connectivity index (χ1) is 13.7. The molecule has 1 saturated heterocycles. The van der Waals surface area contributed by atoms with Crippen molar-refractivity contribution in [2.24, 2.45) is 5.92 Å². The third-order valence-corrected chi connectivity index (χ3v) is 6.19. The highest BCUT2D eigenvalue weighted by molar-refractivity contribution is 6.06. The lowest BCUT2D eigenvalue weighted by atomic mass is 9.94. The third kappa shape index (κ3) is 3.05. The highest BCUT2D eigenvalue weighted by Gasteiger charge is 2.38. The minimum absolute atomic E-state index is 0.0814. The van der Waals surface area contributed by atoms with Gasteiger partial charge in [0.25, 0.3) is 0 Å². The molecule has 1 saturated carbocycles. The molecular formula is C23H24N2O3. The molecule has 28 heavy (non-hydrogen) atoms. The Morgan fingerprint density at radius 1 is 1.00 bits per heavy atom. The largest absolute Gasteiger partial charge is 0.456 e. The maximum atomic E-state index is 12.8. The van der Waals surface area contributed by atoms with E-state index in [1.54, 1.807) is 0 Å². The summed E-state index contributed by atoms with van der Waals surface area (Å²) in [6, 6.07) is 14.0. The van der Waals surface area contributed by atoms with Crippen LogP contribution in [0.15, 0.2) is 46.9 Å². The average molecular weight is 376 g/mol. The van der Waals surface area contributed by atoms with Gasteiger partial charge < -0.3 is 14.6 Å². The van der Waals surface area contributed by atoms with Gasteiger partial charge in [-0.1, -0.05) is 37.5 Å². The van der Waals surface area contributed by atoms with Gasteiger partial charge in [0.05, 0.1) is 5.92 Å². The molecule has 5 nitrogen and oxygen atoms in total. The van der Waals surface area contributed by atoms with E-state index < -0.39 is 0 Å². The maximum Gasteiger partial charge on any atom is 0.229 e. The monoisotopic (exact) mass is 376 g/mol. The molecule has 0 radical (unpaired) electrons. The molecule has 5 rings (SSSR count). The molecular weight excluding hydrogens is 352 g/mol. The predicted molar refractivity (Wildman–Crippen MR) is 109 cm³/mol. The van der Waals surface area contributed by atoms with Crippen molar-refractivity contribution < 1.29 is 14.0 Å². The Kier molecular flexibility index (Phi) is 4.30. The smallest absolute Gasteiger partial charge is 0.229 e. The Labute approximate surface area is 163 Å². The van der Waals surface area contributed by atoms with Crippen molar-refractivity contribution >= 4 is 39.4 Å². The van der Waals surface area contributed by atoms with E-state index in [4.69, 9.17) is 4.42 Å². The molecule has 2 heterocycles. The second kappa shape index (κ2) is 6.97. The summed E-state index contributed by atoms with van der Waals surface area (Å²) in [7, 11) is 0. The number of nitrogens with one attached hydrogen (secondary N) is 1. The van der Waals surface area contributed by atoms with Crippen LogP contribution in [0.1, 0.15) is 38.5 Å².